The highest BCUT2D eigenvalue weighted by Crippen LogP contribution is 2.39. The average Bonchev–Trinajstić information content (AvgIpc) is 3.01. The molecule has 0 saturated heterocycles. The second kappa shape index (κ2) is 4.07. The Bertz CT molecular complexity index is 765. The Kier molecular flexibility index (Phi) is 2.36. The van der Waals surface area contributed by atoms with Crippen LogP contribution in [-0.2, 0) is 6.42 Å². The van der Waals surface area contributed by atoms with E-state index in [0.717, 1.165) is 6.42 Å². The van der Waals surface area contributed by atoms with Crippen LogP contribution in [0.2, 0.25) is 0 Å². The van der Waals surface area contributed by atoms with Gasteiger partial charge in [-0.1, -0.05) is 36.4 Å². The van der Waals surface area contributed by atoms with Crippen LogP contribution in [0.15, 0.2) is 47.8 Å². The largest absolute Gasteiger partial charge is 0.144 e. The van der Waals surface area contributed by atoms with Gasteiger partial charge < -0.3 is 0 Å². The maximum atomic E-state index is 3.63. The van der Waals surface area contributed by atoms with Crippen molar-refractivity contribution in [3.63, 3.8) is 0 Å². The summed E-state index contributed by atoms with van der Waals surface area (Å²) in [5, 5.41) is 2.15. The van der Waals surface area contributed by atoms with Gasteiger partial charge in [0.15, 0.2) is 0 Å². The molecule has 0 atom stereocenters. The zero-order chi connectivity index (χ0) is 12.8. The van der Waals surface area contributed by atoms with Crippen molar-refractivity contribution >= 4 is 11.3 Å². The van der Waals surface area contributed by atoms with Gasteiger partial charge in [0.05, 0.1) is 0 Å². The molecule has 1 heterocycles. The molecular weight excluding hydrogens is 248 g/mol. The van der Waals surface area contributed by atoms with Crippen LogP contribution in [0.4, 0.5) is 0 Å². The monoisotopic (exact) mass is 261 g/mol. The van der Waals surface area contributed by atoms with Crippen LogP contribution in [0.3, 0.4) is 0 Å². The normalized spacial score (nSPS) is 12.3. The van der Waals surface area contributed by atoms with Gasteiger partial charge in [0.2, 0.25) is 0 Å². The summed E-state index contributed by atoms with van der Waals surface area (Å²) in [5.41, 5.74) is 8.08. The standard InChI is InChI=1S/C18H13S/c1-12-8-9-19-18(12)14-6-7-17-15(11-14)10-13-4-2-3-5-16(13)17/h2-9H,10H2,1H3. The molecular formula is C18H13S. The fourth-order valence-electron chi connectivity index (χ4n) is 2.84. The topological polar surface area (TPSA) is 0 Å². The fraction of sp³-hybridized carbons (Fsp3) is 0.111. The number of rotatable bonds is 1. The van der Waals surface area contributed by atoms with Crippen molar-refractivity contribution in [2.24, 2.45) is 0 Å². The molecule has 0 amide bonds. The van der Waals surface area contributed by atoms with E-state index in [9.17, 15) is 0 Å². The lowest BCUT2D eigenvalue weighted by molar-refractivity contribution is 1.26. The summed E-state index contributed by atoms with van der Waals surface area (Å²) in [6.45, 7) is 2.17. The Labute approximate surface area is 117 Å². The summed E-state index contributed by atoms with van der Waals surface area (Å²) in [7, 11) is 0. The van der Waals surface area contributed by atoms with Gasteiger partial charge in [0, 0.05) is 10.4 Å². The van der Waals surface area contributed by atoms with Crippen LogP contribution in [0.5, 0.6) is 0 Å². The van der Waals surface area contributed by atoms with Crippen molar-refractivity contribution in [2.75, 3.05) is 0 Å². The minimum atomic E-state index is 1.02. The van der Waals surface area contributed by atoms with Crippen molar-refractivity contribution in [2.45, 2.75) is 13.3 Å². The van der Waals surface area contributed by atoms with E-state index in [1.165, 1.54) is 38.3 Å². The van der Waals surface area contributed by atoms with Gasteiger partial charge in [-0.3, -0.25) is 0 Å². The van der Waals surface area contributed by atoms with Gasteiger partial charge in [-0.2, -0.15) is 0 Å². The predicted octanol–water partition coefficient (Wildman–Crippen LogP) is 5.09. The molecule has 0 aliphatic heterocycles. The molecule has 0 fully saturated rings. The molecule has 91 valence electrons. The molecule has 0 N–H and O–H groups in total. The van der Waals surface area contributed by atoms with Gasteiger partial charge >= 0.3 is 0 Å². The van der Waals surface area contributed by atoms with E-state index in [4.69, 9.17) is 0 Å². The van der Waals surface area contributed by atoms with Gasteiger partial charge in [-0.25, -0.2) is 0 Å². The molecule has 0 saturated carbocycles. The number of hydrogen-bond acceptors (Lipinski definition) is 1. The number of benzene rings is 2. The summed E-state index contributed by atoms with van der Waals surface area (Å²) in [6, 6.07) is 18.9. The second-order valence-corrected chi connectivity index (χ2v) is 5.95. The minimum Gasteiger partial charge on any atom is -0.144 e. The molecule has 0 spiro atoms. The Morgan fingerprint density at radius 1 is 1.00 bits per heavy atom. The van der Waals surface area contributed by atoms with Gasteiger partial charge in [0.25, 0.3) is 0 Å². The van der Waals surface area contributed by atoms with Crippen molar-refractivity contribution < 1.29 is 0 Å². The Hall–Kier alpha value is -1.86. The minimum absolute atomic E-state index is 1.02. The molecule has 1 heteroatoms. The maximum absolute atomic E-state index is 3.63. The molecule has 19 heavy (non-hydrogen) atoms. The highest BCUT2D eigenvalue weighted by Gasteiger charge is 2.18. The Balaban J connectivity index is 1.86. The van der Waals surface area contributed by atoms with Crippen LogP contribution < -0.4 is 0 Å². The van der Waals surface area contributed by atoms with E-state index >= 15 is 0 Å². The van der Waals surface area contributed by atoms with Gasteiger partial charge in [-0.15, -0.1) is 11.3 Å². The number of fused-ring (bicyclic) bond motifs is 3. The zero-order valence-corrected chi connectivity index (χ0v) is 11.6. The lowest BCUT2D eigenvalue weighted by Crippen LogP contribution is -1.83. The van der Waals surface area contributed by atoms with E-state index in [2.05, 4.69) is 60.8 Å². The van der Waals surface area contributed by atoms with E-state index < -0.39 is 0 Å². The SMILES string of the molecule is Cc1ccsc1-c1[c]c2c(cc1)-c1ccccc1C2. The molecule has 0 unspecified atom stereocenters. The first kappa shape index (κ1) is 11.0. The highest BCUT2D eigenvalue weighted by molar-refractivity contribution is 7.13. The van der Waals surface area contributed by atoms with Crippen LogP contribution in [-0.4, -0.2) is 0 Å². The van der Waals surface area contributed by atoms with Crippen LogP contribution in [0.25, 0.3) is 21.6 Å². The van der Waals surface area contributed by atoms with Crippen molar-refractivity contribution in [1.29, 1.82) is 0 Å². The first-order chi connectivity index (χ1) is 9.33. The third kappa shape index (κ3) is 1.66. The molecule has 1 aliphatic carbocycles. The van der Waals surface area contributed by atoms with Crippen LogP contribution in [0, 0.1) is 13.0 Å². The molecule has 0 nitrogen and oxygen atoms in total. The van der Waals surface area contributed by atoms with Crippen molar-refractivity contribution in [3.8, 4) is 21.6 Å². The Morgan fingerprint density at radius 3 is 2.74 bits per heavy atom. The highest BCUT2D eigenvalue weighted by atomic mass is 32.1. The molecule has 1 aromatic heterocycles. The molecule has 1 aliphatic rings. The zero-order valence-electron chi connectivity index (χ0n) is 10.7. The first-order valence-electron chi connectivity index (χ1n) is 6.51. The Morgan fingerprint density at radius 2 is 1.89 bits per heavy atom. The quantitative estimate of drug-likeness (QED) is 0.447. The third-order valence-electron chi connectivity index (χ3n) is 3.81. The average molecular weight is 261 g/mol. The van der Waals surface area contributed by atoms with E-state index in [1.807, 2.05) is 0 Å². The van der Waals surface area contributed by atoms with Crippen molar-refractivity contribution in [1.82, 2.24) is 0 Å². The number of aryl methyl sites for hydroxylation is 1. The number of hydrogen-bond donors (Lipinski definition) is 0. The fourth-order valence-corrected chi connectivity index (χ4v) is 3.75. The second-order valence-electron chi connectivity index (χ2n) is 5.03. The predicted molar refractivity (Wildman–Crippen MR) is 81.6 cm³/mol. The molecule has 0 bridgehead atoms. The molecule has 1 radical (unpaired) electrons. The summed E-state index contributed by atoms with van der Waals surface area (Å²) >= 11 is 1.80. The summed E-state index contributed by atoms with van der Waals surface area (Å²) in [4.78, 5) is 1.35. The maximum Gasteiger partial charge on any atom is 0.0378 e. The number of thiophene rings is 1. The van der Waals surface area contributed by atoms with Crippen LogP contribution >= 0.6 is 11.3 Å². The summed E-state index contributed by atoms with van der Waals surface area (Å²) < 4.78 is 0. The smallest absolute Gasteiger partial charge is 0.0378 e. The third-order valence-corrected chi connectivity index (χ3v) is 4.86. The molecule has 3 aromatic rings. The summed E-state index contributed by atoms with van der Waals surface area (Å²) in [6.07, 6.45) is 1.02. The molecule has 2 aromatic carbocycles. The van der Waals surface area contributed by atoms with Gasteiger partial charge in [-0.05, 0) is 58.7 Å². The van der Waals surface area contributed by atoms with E-state index in [0.29, 0.717) is 0 Å². The summed E-state index contributed by atoms with van der Waals surface area (Å²) in [5.74, 6) is 0. The first-order valence-corrected chi connectivity index (χ1v) is 7.39. The lowest BCUT2D eigenvalue weighted by Gasteiger charge is -2.04. The van der Waals surface area contributed by atoms with E-state index in [1.54, 1.807) is 11.3 Å². The van der Waals surface area contributed by atoms with Crippen LogP contribution in [0.1, 0.15) is 16.7 Å². The van der Waals surface area contributed by atoms with E-state index in [-0.39, 0.29) is 0 Å². The lowest BCUT2D eigenvalue weighted by atomic mass is 10.0. The molecule has 4 rings (SSSR count). The van der Waals surface area contributed by atoms with Gasteiger partial charge in [0.1, 0.15) is 0 Å². The van der Waals surface area contributed by atoms with Crippen molar-refractivity contribution in [3.05, 3.63) is 70.6 Å².